The second kappa shape index (κ2) is 6.22. The molecule has 1 saturated heterocycles. The highest BCUT2D eigenvalue weighted by molar-refractivity contribution is 5.50. The maximum absolute atomic E-state index is 4.63. The van der Waals surface area contributed by atoms with Gasteiger partial charge in [0.1, 0.15) is 17.5 Å². The van der Waals surface area contributed by atoms with Crippen molar-refractivity contribution in [1.29, 1.82) is 0 Å². The average molecular weight is 262 g/mol. The zero-order valence-electron chi connectivity index (χ0n) is 12.6. The molecule has 4 nitrogen and oxygen atoms in total. The van der Waals surface area contributed by atoms with Crippen LogP contribution in [0.4, 0.5) is 11.6 Å². The summed E-state index contributed by atoms with van der Waals surface area (Å²) in [6, 6.07) is 2.65. The lowest BCUT2D eigenvalue weighted by Gasteiger charge is -2.38. The molecular weight excluding hydrogens is 236 g/mol. The van der Waals surface area contributed by atoms with Crippen molar-refractivity contribution in [3.63, 3.8) is 0 Å². The third-order valence-electron chi connectivity index (χ3n) is 4.05. The third kappa shape index (κ3) is 3.37. The molecule has 0 spiro atoms. The van der Waals surface area contributed by atoms with Gasteiger partial charge in [0.2, 0.25) is 0 Å². The highest BCUT2D eigenvalue weighted by Crippen LogP contribution is 2.28. The van der Waals surface area contributed by atoms with Crippen molar-refractivity contribution in [2.75, 3.05) is 23.3 Å². The van der Waals surface area contributed by atoms with Crippen LogP contribution in [0.1, 0.15) is 45.9 Å². The fraction of sp³-hybridized carbons (Fsp3) is 0.733. The average Bonchev–Trinajstić information content (AvgIpc) is 2.39. The Labute approximate surface area is 116 Å². The largest absolute Gasteiger partial charge is 0.370 e. The van der Waals surface area contributed by atoms with Gasteiger partial charge in [-0.2, -0.15) is 0 Å². The third-order valence-corrected chi connectivity index (χ3v) is 4.05. The number of hydrogen-bond acceptors (Lipinski definition) is 4. The van der Waals surface area contributed by atoms with Crippen molar-refractivity contribution in [2.45, 2.75) is 53.0 Å². The summed E-state index contributed by atoms with van der Waals surface area (Å²) in [5.74, 6) is 3.61. The van der Waals surface area contributed by atoms with Crippen LogP contribution < -0.4 is 10.2 Å². The first kappa shape index (κ1) is 14.1. The van der Waals surface area contributed by atoms with Crippen LogP contribution in [0, 0.1) is 12.8 Å². The molecule has 2 heterocycles. The maximum atomic E-state index is 4.63. The van der Waals surface area contributed by atoms with Gasteiger partial charge in [0.15, 0.2) is 0 Å². The van der Waals surface area contributed by atoms with E-state index in [9.17, 15) is 0 Å². The molecular formula is C15H26N4. The molecule has 0 saturated carbocycles. The van der Waals surface area contributed by atoms with Crippen LogP contribution in [0.25, 0.3) is 0 Å². The minimum atomic E-state index is 0.557. The van der Waals surface area contributed by atoms with Gasteiger partial charge in [0, 0.05) is 25.2 Å². The van der Waals surface area contributed by atoms with Crippen molar-refractivity contribution in [3.8, 4) is 0 Å². The topological polar surface area (TPSA) is 41.0 Å². The molecule has 0 aliphatic carbocycles. The maximum Gasteiger partial charge on any atom is 0.134 e. The summed E-state index contributed by atoms with van der Waals surface area (Å²) in [4.78, 5) is 11.5. The zero-order chi connectivity index (χ0) is 13.8. The number of nitrogens with zero attached hydrogens (tertiary/aromatic N) is 3. The SMILES string of the molecule is CCCNc1cc(N2CCCC(C)C2C)nc(C)n1. The Morgan fingerprint density at radius 2 is 2.16 bits per heavy atom. The summed E-state index contributed by atoms with van der Waals surface area (Å²) in [5, 5.41) is 3.36. The summed E-state index contributed by atoms with van der Waals surface area (Å²) in [6.45, 7) is 10.8. The molecule has 1 aliphatic rings. The monoisotopic (exact) mass is 262 g/mol. The van der Waals surface area contributed by atoms with E-state index in [0.29, 0.717) is 6.04 Å². The first-order valence-corrected chi connectivity index (χ1v) is 7.48. The standard InChI is InChI=1S/C15H26N4/c1-5-8-16-14-10-15(18-13(4)17-14)19-9-6-7-11(2)12(19)3/h10-12H,5-9H2,1-4H3,(H,16,17,18). The van der Waals surface area contributed by atoms with E-state index in [-0.39, 0.29) is 0 Å². The summed E-state index contributed by atoms with van der Waals surface area (Å²) in [6.07, 6.45) is 3.69. The molecule has 1 N–H and O–H groups in total. The molecule has 1 aromatic heterocycles. The van der Waals surface area contributed by atoms with Crippen LogP contribution in [0.2, 0.25) is 0 Å². The lowest BCUT2D eigenvalue weighted by Crippen LogP contribution is -2.43. The predicted octanol–water partition coefficient (Wildman–Crippen LogP) is 3.23. The molecule has 2 rings (SSSR count). The number of piperidine rings is 1. The molecule has 0 bridgehead atoms. The van der Waals surface area contributed by atoms with Gasteiger partial charge in [-0.25, -0.2) is 9.97 Å². The Hall–Kier alpha value is -1.32. The molecule has 1 aliphatic heterocycles. The van der Waals surface area contributed by atoms with Crippen molar-refractivity contribution >= 4 is 11.6 Å². The van der Waals surface area contributed by atoms with Gasteiger partial charge < -0.3 is 10.2 Å². The summed E-state index contributed by atoms with van der Waals surface area (Å²) in [7, 11) is 0. The van der Waals surface area contributed by atoms with Crippen LogP contribution in [0.5, 0.6) is 0 Å². The van der Waals surface area contributed by atoms with Crippen molar-refractivity contribution in [1.82, 2.24) is 9.97 Å². The van der Waals surface area contributed by atoms with Crippen molar-refractivity contribution in [3.05, 3.63) is 11.9 Å². The normalized spacial score (nSPS) is 23.5. The number of nitrogens with one attached hydrogen (secondary N) is 1. The van der Waals surface area contributed by atoms with Crippen molar-refractivity contribution < 1.29 is 0 Å². The second-order valence-electron chi connectivity index (χ2n) is 5.64. The van der Waals surface area contributed by atoms with Gasteiger partial charge in [-0.05, 0) is 39.0 Å². The number of aromatic nitrogens is 2. The number of anilines is 2. The predicted molar refractivity (Wildman–Crippen MR) is 80.8 cm³/mol. The van der Waals surface area contributed by atoms with Gasteiger partial charge >= 0.3 is 0 Å². The Balaban J connectivity index is 2.20. The molecule has 19 heavy (non-hydrogen) atoms. The fourth-order valence-electron chi connectivity index (χ4n) is 2.70. The van der Waals surface area contributed by atoms with E-state index in [4.69, 9.17) is 0 Å². The smallest absolute Gasteiger partial charge is 0.134 e. The number of rotatable bonds is 4. The van der Waals surface area contributed by atoms with Crippen LogP contribution in [-0.4, -0.2) is 29.1 Å². The van der Waals surface area contributed by atoms with Gasteiger partial charge in [0.05, 0.1) is 0 Å². The highest BCUT2D eigenvalue weighted by atomic mass is 15.2. The second-order valence-corrected chi connectivity index (χ2v) is 5.64. The van der Waals surface area contributed by atoms with E-state index in [2.05, 4.69) is 47.0 Å². The fourth-order valence-corrected chi connectivity index (χ4v) is 2.70. The van der Waals surface area contributed by atoms with Crippen LogP contribution in [0.15, 0.2) is 6.07 Å². The molecule has 0 amide bonds. The summed E-state index contributed by atoms with van der Waals surface area (Å²) < 4.78 is 0. The van der Waals surface area contributed by atoms with Crippen LogP contribution in [-0.2, 0) is 0 Å². The lowest BCUT2D eigenvalue weighted by atomic mass is 9.92. The number of hydrogen-bond donors (Lipinski definition) is 1. The highest BCUT2D eigenvalue weighted by Gasteiger charge is 2.26. The van der Waals surface area contributed by atoms with Gasteiger partial charge in [-0.15, -0.1) is 0 Å². The van der Waals surface area contributed by atoms with E-state index in [0.717, 1.165) is 42.9 Å². The van der Waals surface area contributed by atoms with E-state index < -0.39 is 0 Å². The Morgan fingerprint density at radius 1 is 1.37 bits per heavy atom. The number of aryl methyl sites for hydroxylation is 1. The van der Waals surface area contributed by atoms with Crippen LogP contribution >= 0.6 is 0 Å². The lowest BCUT2D eigenvalue weighted by molar-refractivity contribution is 0.361. The molecule has 1 fully saturated rings. The van der Waals surface area contributed by atoms with E-state index >= 15 is 0 Å². The van der Waals surface area contributed by atoms with Gasteiger partial charge in [-0.1, -0.05) is 13.8 Å². The van der Waals surface area contributed by atoms with Gasteiger partial charge in [0.25, 0.3) is 0 Å². The summed E-state index contributed by atoms with van der Waals surface area (Å²) >= 11 is 0. The minimum Gasteiger partial charge on any atom is -0.370 e. The van der Waals surface area contributed by atoms with E-state index in [1.807, 2.05) is 6.92 Å². The molecule has 2 unspecified atom stereocenters. The quantitative estimate of drug-likeness (QED) is 0.904. The first-order chi connectivity index (χ1) is 9.11. The van der Waals surface area contributed by atoms with E-state index in [1.54, 1.807) is 0 Å². The zero-order valence-corrected chi connectivity index (χ0v) is 12.6. The molecule has 0 radical (unpaired) electrons. The first-order valence-electron chi connectivity index (χ1n) is 7.48. The molecule has 1 aromatic rings. The Morgan fingerprint density at radius 3 is 2.89 bits per heavy atom. The molecule has 4 heteroatoms. The minimum absolute atomic E-state index is 0.557. The summed E-state index contributed by atoms with van der Waals surface area (Å²) in [5.41, 5.74) is 0. The molecule has 2 atom stereocenters. The van der Waals surface area contributed by atoms with E-state index in [1.165, 1.54) is 12.8 Å². The van der Waals surface area contributed by atoms with Crippen LogP contribution in [0.3, 0.4) is 0 Å². The molecule has 106 valence electrons. The Bertz CT molecular complexity index is 419. The van der Waals surface area contributed by atoms with Gasteiger partial charge in [-0.3, -0.25) is 0 Å². The van der Waals surface area contributed by atoms with Crippen molar-refractivity contribution in [2.24, 2.45) is 5.92 Å². The molecule has 0 aromatic carbocycles. The Kier molecular flexibility index (Phi) is 4.61.